The number of rotatable bonds is 2. The van der Waals surface area contributed by atoms with Crippen LogP contribution >= 0.6 is 0 Å². The van der Waals surface area contributed by atoms with E-state index < -0.39 is 15.8 Å². The molecule has 1 amide bonds. The summed E-state index contributed by atoms with van der Waals surface area (Å²) in [5.74, 6) is -0.536. The molecule has 2 aliphatic rings. The summed E-state index contributed by atoms with van der Waals surface area (Å²) in [7, 11) is -1.76. The third-order valence-corrected chi connectivity index (χ3v) is 5.83. The molecular weight excluding hydrogens is 294 g/mol. The second-order valence-electron chi connectivity index (χ2n) is 5.41. The van der Waals surface area contributed by atoms with Gasteiger partial charge in [0.25, 0.3) is 0 Å². The highest BCUT2D eigenvalue weighted by molar-refractivity contribution is 7.91. The van der Waals surface area contributed by atoms with Crippen LogP contribution in [0.25, 0.3) is 0 Å². The first-order valence-electron chi connectivity index (χ1n) is 6.62. The first-order chi connectivity index (χ1) is 9.91. The Morgan fingerprint density at radius 2 is 1.90 bits per heavy atom. The normalized spacial score (nSPS) is 26.7. The van der Waals surface area contributed by atoms with Crippen LogP contribution in [0.15, 0.2) is 24.3 Å². The maximum Gasteiger partial charge on any atom is 0.337 e. The summed E-state index contributed by atoms with van der Waals surface area (Å²) in [6, 6.07) is 6.16. The molecule has 7 heteroatoms. The van der Waals surface area contributed by atoms with E-state index in [1.165, 1.54) is 7.11 Å². The number of esters is 1. The smallest absolute Gasteiger partial charge is 0.337 e. The minimum atomic E-state index is -3.06. The summed E-state index contributed by atoms with van der Waals surface area (Å²) >= 11 is 0. The fraction of sp³-hybridized carbons (Fsp3) is 0.429. The van der Waals surface area contributed by atoms with E-state index in [0.717, 1.165) is 0 Å². The van der Waals surface area contributed by atoms with Crippen molar-refractivity contribution in [3.8, 4) is 0 Å². The van der Waals surface area contributed by atoms with Crippen molar-refractivity contribution >= 4 is 27.4 Å². The van der Waals surface area contributed by atoms with Gasteiger partial charge in [0, 0.05) is 18.0 Å². The average Bonchev–Trinajstić information content (AvgIpc) is 2.88. The molecule has 2 fully saturated rings. The second kappa shape index (κ2) is 4.84. The first-order valence-corrected chi connectivity index (χ1v) is 8.44. The largest absolute Gasteiger partial charge is 0.465 e. The molecule has 6 nitrogen and oxygen atoms in total. The van der Waals surface area contributed by atoms with Crippen LogP contribution in [0.5, 0.6) is 0 Å². The van der Waals surface area contributed by atoms with Crippen LogP contribution in [0.4, 0.5) is 5.69 Å². The summed E-state index contributed by atoms with van der Waals surface area (Å²) in [5, 5.41) is 0. The molecule has 2 atom stereocenters. The average molecular weight is 309 g/mol. The van der Waals surface area contributed by atoms with Gasteiger partial charge in [0.1, 0.15) is 0 Å². The molecule has 1 aromatic rings. The van der Waals surface area contributed by atoms with Crippen molar-refractivity contribution < 1.29 is 22.7 Å². The molecule has 0 aliphatic carbocycles. The number of carbonyl (C=O) groups is 2. The molecule has 0 bridgehead atoms. The zero-order valence-electron chi connectivity index (χ0n) is 11.5. The molecule has 0 aromatic heterocycles. The summed E-state index contributed by atoms with van der Waals surface area (Å²) in [6.45, 7) is 0. The van der Waals surface area contributed by atoms with Gasteiger partial charge in [-0.25, -0.2) is 13.2 Å². The second-order valence-corrected chi connectivity index (χ2v) is 7.56. The van der Waals surface area contributed by atoms with E-state index in [0.29, 0.717) is 11.3 Å². The monoisotopic (exact) mass is 309 g/mol. The van der Waals surface area contributed by atoms with Gasteiger partial charge < -0.3 is 9.64 Å². The van der Waals surface area contributed by atoms with Gasteiger partial charge in [-0.15, -0.1) is 0 Å². The number of carbonyl (C=O) groups excluding carboxylic acids is 2. The maximum absolute atomic E-state index is 12.1. The fourth-order valence-corrected chi connectivity index (χ4v) is 5.17. The van der Waals surface area contributed by atoms with Crippen molar-refractivity contribution in [1.82, 2.24) is 0 Å². The Kier molecular flexibility index (Phi) is 3.24. The Balaban J connectivity index is 1.89. The Bertz CT molecular complexity index is 695. The lowest BCUT2D eigenvalue weighted by molar-refractivity contribution is -0.117. The van der Waals surface area contributed by atoms with Crippen LogP contribution in [0, 0.1) is 5.92 Å². The molecule has 2 saturated heterocycles. The molecule has 0 unspecified atom stereocenters. The summed E-state index contributed by atoms with van der Waals surface area (Å²) in [4.78, 5) is 25.1. The third kappa shape index (κ3) is 2.42. The zero-order chi connectivity index (χ0) is 15.2. The molecule has 0 spiro atoms. The van der Waals surface area contributed by atoms with Crippen molar-refractivity contribution in [3.63, 3.8) is 0 Å². The topological polar surface area (TPSA) is 80.8 Å². The molecular formula is C14H15NO5S. The van der Waals surface area contributed by atoms with E-state index in [-0.39, 0.29) is 35.8 Å². The molecule has 0 N–H and O–H groups in total. The number of hydrogen-bond acceptors (Lipinski definition) is 5. The number of benzene rings is 1. The van der Waals surface area contributed by atoms with Crippen LogP contribution in [-0.2, 0) is 19.4 Å². The highest BCUT2D eigenvalue weighted by atomic mass is 32.2. The lowest BCUT2D eigenvalue weighted by atomic mass is 10.0. The van der Waals surface area contributed by atoms with Gasteiger partial charge in [0.2, 0.25) is 5.91 Å². The van der Waals surface area contributed by atoms with Crippen molar-refractivity contribution in [1.29, 1.82) is 0 Å². The predicted molar refractivity (Wildman–Crippen MR) is 75.8 cm³/mol. The lowest BCUT2D eigenvalue weighted by Gasteiger charge is -2.23. The van der Waals surface area contributed by atoms with Crippen molar-refractivity contribution in [2.45, 2.75) is 12.5 Å². The van der Waals surface area contributed by atoms with Gasteiger partial charge in [0.05, 0.1) is 30.2 Å². The summed E-state index contributed by atoms with van der Waals surface area (Å²) in [6.07, 6.45) is 0.267. The minimum Gasteiger partial charge on any atom is -0.465 e. The molecule has 2 heterocycles. The van der Waals surface area contributed by atoms with Crippen molar-refractivity contribution in [3.05, 3.63) is 29.8 Å². The standard InChI is InChI=1S/C14H15NO5S/c1-20-14(17)9-2-4-11(5-3-9)15-12-8-21(18,19)7-10(12)6-13(15)16/h2-5,10,12H,6-8H2,1H3/t10-,12-/m1/s1. The number of sulfone groups is 1. The van der Waals surface area contributed by atoms with E-state index in [2.05, 4.69) is 4.74 Å². The number of amides is 1. The Morgan fingerprint density at radius 1 is 1.24 bits per heavy atom. The number of hydrogen-bond donors (Lipinski definition) is 0. The third-order valence-electron chi connectivity index (χ3n) is 4.04. The van der Waals surface area contributed by atoms with Crippen LogP contribution in [0.3, 0.4) is 0 Å². The zero-order valence-corrected chi connectivity index (χ0v) is 12.3. The highest BCUT2D eigenvalue weighted by Crippen LogP contribution is 2.37. The number of methoxy groups -OCH3 is 1. The molecule has 21 heavy (non-hydrogen) atoms. The van der Waals surface area contributed by atoms with Crippen LogP contribution in [0.2, 0.25) is 0 Å². The molecule has 0 saturated carbocycles. The van der Waals surface area contributed by atoms with E-state index in [9.17, 15) is 18.0 Å². The van der Waals surface area contributed by atoms with Gasteiger partial charge in [-0.05, 0) is 24.3 Å². The highest BCUT2D eigenvalue weighted by Gasteiger charge is 2.49. The van der Waals surface area contributed by atoms with Crippen LogP contribution in [-0.4, -0.2) is 45.0 Å². The first kappa shape index (κ1) is 14.1. The van der Waals surface area contributed by atoms with Gasteiger partial charge in [-0.2, -0.15) is 0 Å². The molecule has 2 aliphatic heterocycles. The van der Waals surface area contributed by atoms with Gasteiger partial charge >= 0.3 is 5.97 Å². The van der Waals surface area contributed by atoms with E-state index in [4.69, 9.17) is 0 Å². The quantitative estimate of drug-likeness (QED) is 0.748. The Morgan fingerprint density at radius 3 is 2.52 bits per heavy atom. The molecule has 1 aromatic carbocycles. The van der Waals surface area contributed by atoms with E-state index in [1.54, 1.807) is 29.2 Å². The van der Waals surface area contributed by atoms with E-state index >= 15 is 0 Å². The molecule has 3 rings (SSSR count). The van der Waals surface area contributed by atoms with Crippen molar-refractivity contribution in [2.24, 2.45) is 5.92 Å². The maximum atomic E-state index is 12.1. The summed E-state index contributed by atoms with van der Waals surface area (Å²) < 4.78 is 28.0. The molecule has 0 radical (unpaired) electrons. The van der Waals surface area contributed by atoms with Crippen molar-refractivity contribution in [2.75, 3.05) is 23.5 Å². The van der Waals surface area contributed by atoms with Gasteiger partial charge in [0.15, 0.2) is 9.84 Å². The number of fused-ring (bicyclic) bond motifs is 1. The fourth-order valence-electron chi connectivity index (χ4n) is 3.10. The lowest BCUT2D eigenvalue weighted by Crippen LogP contribution is -2.36. The van der Waals surface area contributed by atoms with Gasteiger partial charge in [-0.1, -0.05) is 0 Å². The SMILES string of the molecule is COC(=O)c1ccc(N2C(=O)C[C@@H]3CS(=O)(=O)C[C@H]32)cc1. The Hall–Kier alpha value is -1.89. The Labute approximate surface area is 122 Å². The van der Waals surface area contributed by atoms with E-state index in [1.807, 2.05) is 0 Å². The number of nitrogens with zero attached hydrogens (tertiary/aromatic N) is 1. The minimum absolute atomic E-state index is 0.0160. The van der Waals surface area contributed by atoms with Gasteiger partial charge in [-0.3, -0.25) is 4.79 Å². The van der Waals surface area contributed by atoms with Crippen LogP contribution < -0.4 is 4.90 Å². The summed E-state index contributed by atoms with van der Waals surface area (Å²) in [5.41, 5.74) is 1.01. The number of ether oxygens (including phenoxy) is 1. The van der Waals surface area contributed by atoms with Crippen LogP contribution in [0.1, 0.15) is 16.8 Å². The number of anilines is 1. The molecule has 112 valence electrons. The predicted octanol–water partition coefficient (Wildman–Crippen LogP) is 0.623.